The molecule has 0 bridgehead atoms. The van der Waals surface area contributed by atoms with Crippen LogP contribution in [0.1, 0.15) is 37.0 Å². The van der Waals surface area contributed by atoms with Crippen molar-refractivity contribution in [1.29, 1.82) is 0 Å². The van der Waals surface area contributed by atoms with Gasteiger partial charge in [-0.2, -0.15) is 0 Å². The Hall–Kier alpha value is -2.08. The lowest BCUT2D eigenvalue weighted by Crippen LogP contribution is -2.50. The number of carbonyl (C=O) groups excluding carboxylic acids is 1. The van der Waals surface area contributed by atoms with Gasteiger partial charge >= 0.3 is 0 Å². The van der Waals surface area contributed by atoms with Gasteiger partial charge in [0.1, 0.15) is 11.9 Å². The molecule has 0 atom stereocenters. The first-order valence-corrected chi connectivity index (χ1v) is 11.1. The van der Waals surface area contributed by atoms with Crippen LogP contribution in [-0.2, 0) is 4.74 Å². The third-order valence-electron chi connectivity index (χ3n) is 6.13. The molecule has 5 nitrogen and oxygen atoms in total. The molecule has 2 aliphatic rings. The van der Waals surface area contributed by atoms with Gasteiger partial charge < -0.3 is 14.4 Å². The quantitative estimate of drug-likeness (QED) is 0.681. The van der Waals surface area contributed by atoms with E-state index < -0.39 is 0 Å². The van der Waals surface area contributed by atoms with Crippen LogP contribution < -0.4 is 4.74 Å². The molecule has 2 aliphatic heterocycles. The van der Waals surface area contributed by atoms with Gasteiger partial charge in [-0.1, -0.05) is 30.3 Å². The van der Waals surface area contributed by atoms with Crippen LogP contribution in [0.25, 0.3) is 11.1 Å². The summed E-state index contributed by atoms with van der Waals surface area (Å²) in [6.07, 6.45) is 2.09. The van der Waals surface area contributed by atoms with E-state index in [1.165, 1.54) is 0 Å². The average Bonchev–Trinajstić information content (AvgIpc) is 2.80. The average molecular weight is 445 g/mol. The molecule has 4 rings (SSSR count). The lowest BCUT2D eigenvalue weighted by molar-refractivity contribution is 0.0256. The number of piperazine rings is 1. The van der Waals surface area contributed by atoms with Crippen LogP contribution >= 0.6 is 12.4 Å². The van der Waals surface area contributed by atoms with Crippen LogP contribution in [0.3, 0.4) is 0 Å². The van der Waals surface area contributed by atoms with Crippen molar-refractivity contribution in [3.8, 4) is 16.9 Å². The van der Waals surface area contributed by atoms with E-state index in [4.69, 9.17) is 9.47 Å². The summed E-state index contributed by atoms with van der Waals surface area (Å²) in [5.41, 5.74) is 2.79. The van der Waals surface area contributed by atoms with E-state index in [9.17, 15) is 4.79 Å². The SMILES string of the molecule is CC(C)N1CCN(C(=O)c2ccccc2-c2ccc(OC3CCOCC3)cc2)CC1.Cl. The van der Waals surface area contributed by atoms with Gasteiger partial charge in [0.15, 0.2) is 0 Å². The van der Waals surface area contributed by atoms with Gasteiger partial charge in [-0.25, -0.2) is 0 Å². The predicted octanol–water partition coefficient (Wildman–Crippen LogP) is 4.50. The van der Waals surface area contributed by atoms with Crippen molar-refractivity contribution in [3.05, 3.63) is 54.1 Å². The zero-order chi connectivity index (χ0) is 20.9. The fourth-order valence-corrected chi connectivity index (χ4v) is 4.23. The van der Waals surface area contributed by atoms with Crippen LogP contribution in [0.15, 0.2) is 48.5 Å². The zero-order valence-corrected chi connectivity index (χ0v) is 19.3. The number of hydrogen-bond acceptors (Lipinski definition) is 4. The molecule has 0 aliphatic carbocycles. The van der Waals surface area contributed by atoms with E-state index in [2.05, 4.69) is 30.9 Å². The molecule has 31 heavy (non-hydrogen) atoms. The second-order valence-electron chi connectivity index (χ2n) is 8.42. The highest BCUT2D eigenvalue weighted by Crippen LogP contribution is 2.28. The maximum Gasteiger partial charge on any atom is 0.254 e. The number of hydrogen-bond donors (Lipinski definition) is 0. The molecule has 0 N–H and O–H groups in total. The molecule has 0 saturated carbocycles. The molecule has 1 amide bonds. The highest BCUT2D eigenvalue weighted by atomic mass is 35.5. The highest BCUT2D eigenvalue weighted by Gasteiger charge is 2.25. The van der Waals surface area contributed by atoms with Gasteiger partial charge in [-0.05, 0) is 43.2 Å². The van der Waals surface area contributed by atoms with E-state index in [0.717, 1.165) is 74.7 Å². The van der Waals surface area contributed by atoms with Crippen LogP contribution in [-0.4, -0.2) is 67.2 Å². The molecule has 168 valence electrons. The minimum absolute atomic E-state index is 0. The Morgan fingerprint density at radius 1 is 0.968 bits per heavy atom. The van der Waals surface area contributed by atoms with Crippen molar-refractivity contribution in [2.75, 3.05) is 39.4 Å². The van der Waals surface area contributed by atoms with Crippen molar-refractivity contribution >= 4 is 18.3 Å². The summed E-state index contributed by atoms with van der Waals surface area (Å²) in [6.45, 7) is 9.39. The molecule has 0 spiro atoms. The number of carbonyl (C=O) groups is 1. The number of ether oxygens (including phenoxy) is 2. The van der Waals surface area contributed by atoms with Gasteiger partial charge in [0.05, 0.1) is 13.2 Å². The Bertz CT molecular complexity index is 842. The van der Waals surface area contributed by atoms with Gasteiger partial charge in [0.25, 0.3) is 5.91 Å². The summed E-state index contributed by atoms with van der Waals surface area (Å²) < 4.78 is 11.5. The molecular weight excluding hydrogens is 412 g/mol. The lowest BCUT2D eigenvalue weighted by atomic mass is 9.98. The molecule has 2 aromatic rings. The standard InChI is InChI=1S/C25H32N2O3.ClH/c1-19(2)26-13-15-27(16-14-26)25(28)24-6-4-3-5-23(24)20-7-9-21(10-8-20)30-22-11-17-29-18-12-22;/h3-10,19,22H,11-18H2,1-2H3;1H. The van der Waals surface area contributed by atoms with Crippen molar-refractivity contribution < 1.29 is 14.3 Å². The third kappa shape index (κ3) is 5.79. The maximum atomic E-state index is 13.3. The Balaban J connectivity index is 0.00000272. The fraction of sp³-hybridized carbons (Fsp3) is 0.480. The fourth-order valence-electron chi connectivity index (χ4n) is 4.23. The number of amides is 1. The first-order chi connectivity index (χ1) is 14.6. The molecule has 0 radical (unpaired) electrons. The van der Waals surface area contributed by atoms with Gasteiger partial charge in [-0.15, -0.1) is 12.4 Å². The van der Waals surface area contributed by atoms with Crippen LogP contribution in [0.2, 0.25) is 0 Å². The Morgan fingerprint density at radius 2 is 1.61 bits per heavy atom. The summed E-state index contributed by atoms with van der Waals surface area (Å²) in [5, 5.41) is 0. The van der Waals surface area contributed by atoms with Gasteiger partial charge in [-0.3, -0.25) is 9.69 Å². The van der Waals surface area contributed by atoms with E-state index in [-0.39, 0.29) is 24.4 Å². The predicted molar refractivity (Wildman–Crippen MR) is 126 cm³/mol. The molecular formula is C25H33ClN2O3. The number of rotatable bonds is 5. The third-order valence-corrected chi connectivity index (χ3v) is 6.13. The van der Waals surface area contributed by atoms with Gasteiger partial charge in [0.2, 0.25) is 0 Å². The first kappa shape index (κ1) is 23.6. The molecule has 2 aromatic carbocycles. The van der Waals surface area contributed by atoms with E-state index in [1.54, 1.807) is 0 Å². The monoisotopic (exact) mass is 444 g/mol. The highest BCUT2D eigenvalue weighted by molar-refractivity contribution is 6.01. The summed E-state index contributed by atoms with van der Waals surface area (Å²) in [5.74, 6) is 0.996. The molecule has 2 fully saturated rings. The van der Waals surface area contributed by atoms with Crippen molar-refractivity contribution in [2.45, 2.75) is 38.8 Å². The molecule has 0 unspecified atom stereocenters. The molecule has 2 saturated heterocycles. The van der Waals surface area contributed by atoms with Crippen LogP contribution in [0.4, 0.5) is 0 Å². The van der Waals surface area contributed by atoms with E-state index in [1.807, 2.05) is 41.3 Å². The summed E-state index contributed by atoms with van der Waals surface area (Å²) in [6, 6.07) is 16.6. The Morgan fingerprint density at radius 3 is 2.26 bits per heavy atom. The van der Waals surface area contributed by atoms with Crippen molar-refractivity contribution in [1.82, 2.24) is 9.80 Å². The minimum Gasteiger partial charge on any atom is -0.490 e. The summed E-state index contributed by atoms with van der Waals surface area (Å²) in [7, 11) is 0. The maximum absolute atomic E-state index is 13.3. The summed E-state index contributed by atoms with van der Waals surface area (Å²) >= 11 is 0. The minimum atomic E-state index is 0. The topological polar surface area (TPSA) is 42.0 Å². The van der Waals surface area contributed by atoms with Crippen LogP contribution in [0.5, 0.6) is 5.75 Å². The van der Waals surface area contributed by atoms with E-state index in [0.29, 0.717) is 6.04 Å². The summed E-state index contributed by atoms with van der Waals surface area (Å²) in [4.78, 5) is 17.7. The number of halogens is 1. The zero-order valence-electron chi connectivity index (χ0n) is 18.5. The second-order valence-corrected chi connectivity index (χ2v) is 8.42. The number of nitrogens with zero attached hydrogens (tertiary/aromatic N) is 2. The molecule has 2 heterocycles. The smallest absolute Gasteiger partial charge is 0.254 e. The van der Waals surface area contributed by atoms with E-state index >= 15 is 0 Å². The Kier molecular flexibility index (Phi) is 8.35. The molecule has 6 heteroatoms. The number of benzene rings is 2. The second kappa shape index (κ2) is 11.0. The largest absolute Gasteiger partial charge is 0.490 e. The molecule has 0 aromatic heterocycles. The van der Waals surface area contributed by atoms with Crippen molar-refractivity contribution in [3.63, 3.8) is 0 Å². The van der Waals surface area contributed by atoms with Gasteiger partial charge in [0, 0.05) is 50.6 Å². The van der Waals surface area contributed by atoms with Crippen LogP contribution in [0, 0.1) is 0 Å². The lowest BCUT2D eigenvalue weighted by Gasteiger charge is -2.37. The van der Waals surface area contributed by atoms with Crippen molar-refractivity contribution in [2.24, 2.45) is 0 Å². The normalized spacial score (nSPS) is 18.0. The first-order valence-electron chi connectivity index (χ1n) is 11.1. The Labute approximate surface area is 191 Å².